The third-order valence-corrected chi connectivity index (χ3v) is 17.0. The van der Waals surface area contributed by atoms with Crippen LogP contribution in [0.3, 0.4) is 0 Å². The molecule has 0 amide bonds. The number of rotatable bonds is 4. The Bertz CT molecular complexity index is 2180. The van der Waals surface area contributed by atoms with Crippen molar-refractivity contribution in [1.82, 2.24) is 0 Å². The van der Waals surface area contributed by atoms with E-state index in [1.165, 1.54) is 81.7 Å². The van der Waals surface area contributed by atoms with E-state index < -0.39 is 6.04 Å². The lowest BCUT2D eigenvalue weighted by atomic mass is 9.96. The number of benzene rings is 4. The summed E-state index contributed by atoms with van der Waals surface area (Å²) < 4.78 is 2.70. The molecule has 1 aliphatic carbocycles. The summed E-state index contributed by atoms with van der Waals surface area (Å²) in [6.45, 7) is 16.0. The van der Waals surface area contributed by atoms with Crippen molar-refractivity contribution in [2.75, 3.05) is 9.80 Å². The second-order valence-corrected chi connectivity index (χ2v) is 19.7. The molecule has 3 aliphatic rings. The van der Waals surface area contributed by atoms with E-state index in [4.69, 9.17) is 11.8 Å². The van der Waals surface area contributed by atoms with Crippen LogP contribution >= 0.6 is 17.4 Å². The maximum Gasteiger partial charge on any atom is 0.0739 e. The Hall–Kier alpha value is -3.43. The zero-order valence-electron chi connectivity index (χ0n) is 27.8. The molecule has 5 aromatic rings. The van der Waals surface area contributed by atoms with Crippen LogP contribution in [0.25, 0.3) is 10.1 Å². The van der Waals surface area contributed by atoms with Gasteiger partial charge in [0.05, 0.1) is 27.7 Å². The third-order valence-electron chi connectivity index (χ3n) is 9.92. The van der Waals surface area contributed by atoms with E-state index in [0.717, 1.165) is 6.42 Å². The second-order valence-electron chi connectivity index (χ2n) is 14.1. The molecule has 8 rings (SSSR count). The van der Waals surface area contributed by atoms with Crippen molar-refractivity contribution < 1.29 is 0 Å². The maximum atomic E-state index is 7.29. The van der Waals surface area contributed by atoms with Crippen molar-refractivity contribution in [3.05, 3.63) is 124 Å². The number of aryl methyl sites for hydroxylation is 2. The lowest BCUT2D eigenvalue weighted by Gasteiger charge is -2.48. The normalized spacial score (nSPS) is 20.1. The maximum absolute atomic E-state index is 7.29. The van der Waals surface area contributed by atoms with Gasteiger partial charge in [0.2, 0.25) is 0 Å². The quantitative estimate of drug-likeness (QED) is 0.178. The monoisotopic (exact) mass is 656 g/mol. The standard InChI is InChI=1S/C41H41N2PS2/c1-24(2)29-15-17-38-33(21-29)39-41(46-38)44(45)37-16-14-28(7)20-34(37)42(31-12-8-10-26(5)18-31)35-22-30(25(3)4)23-36(40(35)44)43(39)32-13-9-11-27(6)19-32/h8-19,21-25,28H,20H2,1-7H3. The number of nitrogens with zero attached hydrogens (tertiary/aromatic N) is 2. The summed E-state index contributed by atoms with van der Waals surface area (Å²) in [5.41, 5.74) is 12.9. The number of anilines is 5. The Labute approximate surface area is 283 Å². The first-order valence-electron chi connectivity index (χ1n) is 16.6. The highest BCUT2D eigenvalue weighted by molar-refractivity contribution is 8.26. The van der Waals surface area contributed by atoms with Crippen LogP contribution in [-0.4, -0.2) is 0 Å². The molecule has 2 nitrogen and oxygen atoms in total. The van der Waals surface area contributed by atoms with Crippen LogP contribution in [0.5, 0.6) is 0 Å². The van der Waals surface area contributed by atoms with Gasteiger partial charge in [0.1, 0.15) is 0 Å². The first-order chi connectivity index (χ1) is 22.1. The highest BCUT2D eigenvalue weighted by atomic mass is 32.4. The summed E-state index contributed by atoms with van der Waals surface area (Å²) in [6.07, 6.45) is 5.82. The van der Waals surface area contributed by atoms with Gasteiger partial charge in [0.15, 0.2) is 0 Å². The van der Waals surface area contributed by atoms with Crippen LogP contribution in [0.15, 0.2) is 102 Å². The Morgan fingerprint density at radius 2 is 1.41 bits per heavy atom. The first kappa shape index (κ1) is 29.9. The summed E-state index contributed by atoms with van der Waals surface area (Å²) in [4.78, 5) is 5.16. The molecule has 232 valence electrons. The molecular weight excluding hydrogens is 616 g/mol. The van der Waals surface area contributed by atoms with Gasteiger partial charge in [-0.05, 0) is 109 Å². The average Bonchev–Trinajstić information content (AvgIpc) is 3.40. The van der Waals surface area contributed by atoms with Crippen LogP contribution in [0.1, 0.15) is 75.1 Å². The Morgan fingerprint density at radius 1 is 0.783 bits per heavy atom. The van der Waals surface area contributed by atoms with Gasteiger partial charge in [0, 0.05) is 37.8 Å². The minimum atomic E-state index is -2.42. The molecule has 0 spiro atoms. The molecule has 4 aromatic carbocycles. The van der Waals surface area contributed by atoms with Gasteiger partial charge >= 0.3 is 0 Å². The summed E-state index contributed by atoms with van der Waals surface area (Å²) in [5.74, 6) is 1.27. The van der Waals surface area contributed by atoms with Crippen LogP contribution in [-0.2, 0) is 11.8 Å². The first-order valence-corrected chi connectivity index (χ1v) is 20.2. The molecule has 2 aliphatic heterocycles. The molecule has 0 radical (unpaired) electrons. The lowest BCUT2D eigenvalue weighted by molar-refractivity contribution is 0.693. The topological polar surface area (TPSA) is 6.48 Å². The van der Waals surface area contributed by atoms with Gasteiger partial charge in [-0.2, -0.15) is 0 Å². The molecule has 0 saturated carbocycles. The molecule has 2 unspecified atom stereocenters. The number of allylic oxidation sites excluding steroid dienone is 4. The van der Waals surface area contributed by atoms with Crippen molar-refractivity contribution in [3.8, 4) is 0 Å². The number of hydrogen-bond acceptors (Lipinski definition) is 4. The summed E-state index contributed by atoms with van der Waals surface area (Å²) in [7, 11) is 0. The molecule has 0 N–H and O–H groups in total. The smallest absolute Gasteiger partial charge is 0.0739 e. The van der Waals surface area contributed by atoms with Gasteiger partial charge in [-0.1, -0.05) is 88.9 Å². The van der Waals surface area contributed by atoms with Crippen LogP contribution in [0, 0.1) is 19.8 Å². The van der Waals surface area contributed by atoms with Crippen LogP contribution in [0.4, 0.5) is 28.4 Å². The summed E-state index contributed by atoms with van der Waals surface area (Å²) >= 11 is 9.23. The van der Waals surface area contributed by atoms with E-state index in [1.54, 1.807) is 0 Å². The van der Waals surface area contributed by atoms with Crippen LogP contribution < -0.4 is 19.7 Å². The van der Waals surface area contributed by atoms with Crippen molar-refractivity contribution in [3.63, 3.8) is 0 Å². The van der Waals surface area contributed by atoms with Crippen molar-refractivity contribution >= 4 is 77.6 Å². The fourth-order valence-corrected chi connectivity index (χ4v) is 14.5. The van der Waals surface area contributed by atoms with E-state index in [2.05, 4.69) is 149 Å². The zero-order chi connectivity index (χ0) is 32.1. The van der Waals surface area contributed by atoms with Crippen molar-refractivity contribution in [2.45, 2.75) is 66.7 Å². The van der Waals surface area contributed by atoms with E-state index in [9.17, 15) is 0 Å². The van der Waals surface area contributed by atoms with E-state index >= 15 is 0 Å². The molecule has 0 fully saturated rings. The minimum absolute atomic E-state index is 0.367. The molecule has 3 heterocycles. The van der Waals surface area contributed by atoms with Crippen LogP contribution in [0.2, 0.25) is 0 Å². The highest BCUT2D eigenvalue weighted by Crippen LogP contribution is 2.69. The fraction of sp³-hybridized carbons (Fsp3) is 0.268. The predicted octanol–water partition coefficient (Wildman–Crippen LogP) is 11.9. The summed E-state index contributed by atoms with van der Waals surface area (Å²) in [5, 5.41) is 4.04. The molecule has 46 heavy (non-hydrogen) atoms. The Kier molecular flexibility index (Phi) is 7.03. The number of hydrogen-bond donors (Lipinski definition) is 0. The van der Waals surface area contributed by atoms with Gasteiger partial charge in [-0.25, -0.2) is 0 Å². The van der Waals surface area contributed by atoms with Gasteiger partial charge in [0.25, 0.3) is 0 Å². The summed E-state index contributed by atoms with van der Waals surface area (Å²) in [6, 6.07) is 27.7. The van der Waals surface area contributed by atoms with E-state index in [-0.39, 0.29) is 0 Å². The zero-order valence-corrected chi connectivity index (χ0v) is 30.3. The lowest BCUT2D eigenvalue weighted by Crippen LogP contribution is -2.39. The second kappa shape index (κ2) is 10.8. The number of thiophene rings is 1. The van der Waals surface area contributed by atoms with E-state index in [1.807, 2.05) is 11.3 Å². The van der Waals surface area contributed by atoms with Gasteiger partial charge < -0.3 is 9.80 Å². The molecule has 5 heteroatoms. The minimum Gasteiger partial charge on any atom is -0.313 e. The highest BCUT2D eigenvalue weighted by Gasteiger charge is 2.48. The Balaban J connectivity index is 1.56. The Morgan fingerprint density at radius 3 is 2.04 bits per heavy atom. The molecular formula is C41H41N2PS2. The molecule has 0 bridgehead atoms. The average molecular weight is 657 g/mol. The molecule has 0 saturated heterocycles. The van der Waals surface area contributed by atoms with Gasteiger partial charge in [-0.3, -0.25) is 0 Å². The SMILES string of the molecule is Cc1cccc(N2C3=C(C=CC(C)C3)P3(=S)c4sc5ccc(C(C)C)cc5c4N(c4cccc(C)c4)c4cc(C(C)C)cc2c43)c1. The predicted molar refractivity (Wildman–Crippen MR) is 206 cm³/mol. The number of fused-ring (bicyclic) bond motifs is 5. The van der Waals surface area contributed by atoms with Crippen molar-refractivity contribution in [2.24, 2.45) is 5.92 Å². The molecule has 1 aromatic heterocycles. The van der Waals surface area contributed by atoms with Gasteiger partial charge in [-0.15, -0.1) is 11.3 Å². The fourth-order valence-electron chi connectivity index (χ4n) is 7.52. The largest absolute Gasteiger partial charge is 0.313 e. The van der Waals surface area contributed by atoms with E-state index in [0.29, 0.717) is 17.8 Å². The van der Waals surface area contributed by atoms with Crippen molar-refractivity contribution in [1.29, 1.82) is 0 Å². The molecule has 2 atom stereocenters. The third kappa shape index (κ3) is 4.37.